The van der Waals surface area contributed by atoms with Gasteiger partial charge in [-0.1, -0.05) is 12.0 Å². The second-order valence-electron chi connectivity index (χ2n) is 3.63. The molecule has 0 aliphatic rings. The molecule has 1 aromatic rings. The molecule has 6 nitrogen and oxygen atoms in total. The Morgan fingerprint density at radius 3 is 2.78 bits per heavy atom. The van der Waals surface area contributed by atoms with Crippen LogP contribution in [0.15, 0.2) is 18.2 Å². The Hall–Kier alpha value is -2.55. The van der Waals surface area contributed by atoms with E-state index in [1.54, 1.807) is 13.0 Å². The predicted octanol–water partition coefficient (Wildman–Crippen LogP) is 1.43. The Bertz CT molecular complexity index is 519. The fourth-order valence-electron chi connectivity index (χ4n) is 1.65. The molecule has 0 amide bonds. The van der Waals surface area contributed by atoms with Gasteiger partial charge in [-0.15, -0.1) is 6.42 Å². The molecule has 0 unspecified atom stereocenters. The van der Waals surface area contributed by atoms with Crippen molar-refractivity contribution in [2.24, 2.45) is 0 Å². The van der Waals surface area contributed by atoms with Crippen LogP contribution in [0.5, 0.6) is 0 Å². The van der Waals surface area contributed by atoms with Crippen molar-refractivity contribution < 1.29 is 14.8 Å². The van der Waals surface area contributed by atoms with E-state index in [9.17, 15) is 14.9 Å². The topological polar surface area (TPSA) is 83.7 Å². The largest absolute Gasteiger partial charge is 0.480 e. The van der Waals surface area contributed by atoms with Gasteiger partial charge in [-0.05, 0) is 13.0 Å². The van der Waals surface area contributed by atoms with Gasteiger partial charge in [0.2, 0.25) is 0 Å². The number of carboxylic acid groups (broad SMARTS) is 1. The highest BCUT2D eigenvalue weighted by molar-refractivity contribution is 5.75. The average molecular weight is 248 g/mol. The molecule has 1 N–H and O–H groups in total. The first-order chi connectivity index (χ1) is 8.47. The number of hydrogen-bond acceptors (Lipinski definition) is 4. The van der Waals surface area contributed by atoms with E-state index < -0.39 is 10.9 Å². The summed E-state index contributed by atoms with van der Waals surface area (Å²) in [4.78, 5) is 22.5. The molecule has 6 heteroatoms. The zero-order chi connectivity index (χ0) is 13.7. The third-order valence-electron chi connectivity index (χ3n) is 2.42. The first kappa shape index (κ1) is 13.5. The Morgan fingerprint density at radius 2 is 2.28 bits per heavy atom. The lowest BCUT2D eigenvalue weighted by atomic mass is 10.1. The van der Waals surface area contributed by atoms with Crippen LogP contribution in [0.2, 0.25) is 0 Å². The monoisotopic (exact) mass is 248 g/mol. The number of terminal acetylenes is 1. The standard InChI is InChI=1S/C12H12N2O4/c1-3-7-13(8-12(15)16)10-5-4-6-11(9(10)2)14(17)18/h1,4-6H,7-8H2,2H3,(H,15,16). The fraction of sp³-hybridized carbons (Fsp3) is 0.250. The van der Waals surface area contributed by atoms with E-state index in [1.165, 1.54) is 17.0 Å². The lowest BCUT2D eigenvalue weighted by molar-refractivity contribution is -0.385. The number of carboxylic acids is 1. The van der Waals surface area contributed by atoms with E-state index in [0.29, 0.717) is 11.3 Å². The van der Waals surface area contributed by atoms with Crippen molar-refractivity contribution in [1.29, 1.82) is 0 Å². The van der Waals surface area contributed by atoms with Gasteiger partial charge in [-0.3, -0.25) is 14.9 Å². The highest BCUT2D eigenvalue weighted by Crippen LogP contribution is 2.27. The highest BCUT2D eigenvalue weighted by Gasteiger charge is 2.18. The van der Waals surface area contributed by atoms with Crippen LogP contribution in [0.25, 0.3) is 0 Å². The highest BCUT2D eigenvalue weighted by atomic mass is 16.6. The SMILES string of the molecule is C#CCN(CC(=O)O)c1cccc([N+](=O)[O-])c1C. The van der Waals surface area contributed by atoms with Crippen LogP contribution in [0.4, 0.5) is 11.4 Å². The summed E-state index contributed by atoms with van der Waals surface area (Å²) in [5.74, 6) is 1.30. The molecule has 0 atom stereocenters. The molecular formula is C12H12N2O4. The predicted molar refractivity (Wildman–Crippen MR) is 66.5 cm³/mol. The van der Waals surface area contributed by atoms with Gasteiger partial charge in [-0.2, -0.15) is 0 Å². The molecular weight excluding hydrogens is 236 g/mol. The normalized spacial score (nSPS) is 9.56. The second-order valence-corrected chi connectivity index (χ2v) is 3.63. The van der Waals surface area contributed by atoms with Crippen molar-refractivity contribution in [3.05, 3.63) is 33.9 Å². The number of hydrogen-bond donors (Lipinski definition) is 1. The third kappa shape index (κ3) is 2.98. The quantitative estimate of drug-likeness (QED) is 0.484. The number of carbonyl (C=O) groups is 1. The van der Waals surface area contributed by atoms with Crippen molar-refractivity contribution in [3.63, 3.8) is 0 Å². The maximum Gasteiger partial charge on any atom is 0.323 e. The number of benzene rings is 1. The molecule has 0 bridgehead atoms. The molecule has 18 heavy (non-hydrogen) atoms. The van der Waals surface area contributed by atoms with Gasteiger partial charge >= 0.3 is 5.97 Å². The summed E-state index contributed by atoms with van der Waals surface area (Å²) in [5.41, 5.74) is 0.809. The Labute approximate surface area is 104 Å². The van der Waals surface area contributed by atoms with E-state index in [4.69, 9.17) is 11.5 Å². The minimum Gasteiger partial charge on any atom is -0.480 e. The van der Waals surface area contributed by atoms with Crippen LogP contribution in [0, 0.1) is 29.4 Å². The number of rotatable bonds is 5. The second kappa shape index (κ2) is 5.68. The van der Waals surface area contributed by atoms with Crippen LogP contribution < -0.4 is 4.90 Å². The van der Waals surface area contributed by atoms with E-state index in [2.05, 4.69) is 5.92 Å². The van der Waals surface area contributed by atoms with E-state index >= 15 is 0 Å². The molecule has 0 saturated carbocycles. The zero-order valence-corrected chi connectivity index (χ0v) is 9.79. The van der Waals surface area contributed by atoms with Crippen LogP contribution in [0.1, 0.15) is 5.56 Å². The van der Waals surface area contributed by atoms with Crippen molar-refractivity contribution in [2.75, 3.05) is 18.0 Å². The molecule has 0 saturated heterocycles. The Kier molecular flexibility index (Phi) is 4.27. The minimum atomic E-state index is -1.05. The lowest BCUT2D eigenvalue weighted by Gasteiger charge is -2.21. The van der Waals surface area contributed by atoms with Gasteiger partial charge in [0.25, 0.3) is 5.69 Å². The molecule has 0 aromatic heterocycles. The van der Waals surface area contributed by atoms with Crippen molar-refractivity contribution in [3.8, 4) is 12.3 Å². The number of nitro benzene ring substituents is 1. The molecule has 0 aliphatic heterocycles. The van der Waals surface area contributed by atoms with Crippen LogP contribution in [0.3, 0.4) is 0 Å². The number of nitrogens with zero attached hydrogens (tertiary/aromatic N) is 2. The first-order valence-electron chi connectivity index (χ1n) is 5.11. The van der Waals surface area contributed by atoms with Gasteiger partial charge in [0.1, 0.15) is 6.54 Å². The first-order valence-corrected chi connectivity index (χ1v) is 5.11. The minimum absolute atomic E-state index is 0.0556. The van der Waals surface area contributed by atoms with Crippen LogP contribution >= 0.6 is 0 Å². The maximum atomic E-state index is 10.8. The van der Waals surface area contributed by atoms with Gasteiger partial charge in [0.15, 0.2) is 0 Å². The van der Waals surface area contributed by atoms with Gasteiger partial charge < -0.3 is 10.0 Å². The average Bonchev–Trinajstić information content (AvgIpc) is 2.27. The molecule has 0 fully saturated rings. The molecule has 0 spiro atoms. The fourth-order valence-corrected chi connectivity index (χ4v) is 1.65. The molecule has 0 heterocycles. The Morgan fingerprint density at radius 1 is 1.61 bits per heavy atom. The summed E-state index contributed by atoms with van der Waals surface area (Å²) in [7, 11) is 0. The number of aliphatic carboxylic acids is 1. The van der Waals surface area contributed by atoms with Gasteiger partial charge in [0.05, 0.1) is 17.0 Å². The lowest BCUT2D eigenvalue weighted by Crippen LogP contribution is -2.30. The summed E-state index contributed by atoms with van der Waals surface area (Å²) >= 11 is 0. The molecule has 0 radical (unpaired) electrons. The van der Waals surface area contributed by atoms with Crippen LogP contribution in [-0.2, 0) is 4.79 Å². The Balaban J connectivity index is 3.20. The van der Waals surface area contributed by atoms with E-state index in [0.717, 1.165) is 0 Å². The summed E-state index contributed by atoms with van der Waals surface area (Å²) in [6.45, 7) is 1.35. The van der Waals surface area contributed by atoms with E-state index in [-0.39, 0.29) is 18.8 Å². The van der Waals surface area contributed by atoms with Crippen molar-refractivity contribution in [1.82, 2.24) is 0 Å². The molecule has 94 valence electrons. The summed E-state index contributed by atoms with van der Waals surface area (Å²) in [6, 6.07) is 4.49. The van der Waals surface area contributed by atoms with E-state index in [1.807, 2.05) is 0 Å². The summed E-state index contributed by atoms with van der Waals surface area (Å²) < 4.78 is 0. The van der Waals surface area contributed by atoms with Gasteiger partial charge in [0, 0.05) is 11.8 Å². The van der Waals surface area contributed by atoms with Crippen LogP contribution in [-0.4, -0.2) is 29.1 Å². The summed E-state index contributed by atoms with van der Waals surface area (Å²) in [6.07, 6.45) is 5.17. The molecule has 1 rings (SSSR count). The summed E-state index contributed by atoms with van der Waals surface area (Å²) in [5, 5.41) is 19.6. The zero-order valence-electron chi connectivity index (χ0n) is 9.79. The maximum absolute atomic E-state index is 10.8. The smallest absolute Gasteiger partial charge is 0.323 e. The molecule has 1 aromatic carbocycles. The van der Waals surface area contributed by atoms with Crippen molar-refractivity contribution in [2.45, 2.75) is 6.92 Å². The number of nitro groups is 1. The van der Waals surface area contributed by atoms with Gasteiger partial charge in [-0.25, -0.2) is 0 Å². The third-order valence-corrected chi connectivity index (χ3v) is 2.42. The number of anilines is 1. The van der Waals surface area contributed by atoms with Crippen molar-refractivity contribution >= 4 is 17.3 Å². The molecule has 0 aliphatic carbocycles.